The van der Waals surface area contributed by atoms with Crippen LogP contribution in [0.3, 0.4) is 0 Å². The van der Waals surface area contributed by atoms with Crippen molar-refractivity contribution in [1.82, 2.24) is 0 Å². The average Bonchev–Trinajstić information content (AvgIpc) is 2.13. The van der Waals surface area contributed by atoms with Crippen molar-refractivity contribution < 1.29 is 9.47 Å². The fourth-order valence-electron chi connectivity index (χ4n) is 1.23. The van der Waals surface area contributed by atoms with E-state index in [2.05, 4.69) is 5.32 Å². The van der Waals surface area contributed by atoms with Gasteiger partial charge in [-0.05, 0) is 36.5 Å². The molecular formula is C10H12N2O2S. The van der Waals surface area contributed by atoms with E-state index in [0.717, 1.165) is 11.4 Å². The van der Waals surface area contributed by atoms with Crippen LogP contribution < -0.4 is 15.8 Å². The van der Waals surface area contributed by atoms with Gasteiger partial charge in [0.25, 0.3) is 0 Å². The summed E-state index contributed by atoms with van der Waals surface area (Å²) in [5.41, 5.74) is 6.21. The van der Waals surface area contributed by atoms with Gasteiger partial charge in [-0.2, -0.15) is 0 Å². The van der Waals surface area contributed by atoms with Gasteiger partial charge in [0.2, 0.25) is 0 Å². The summed E-state index contributed by atoms with van der Waals surface area (Å²) >= 11 is 4.73. The van der Waals surface area contributed by atoms with Gasteiger partial charge in [-0.3, -0.25) is 0 Å². The Balaban J connectivity index is 1.93. The number of thiocarbonyl (C=S) groups is 1. The highest BCUT2D eigenvalue weighted by molar-refractivity contribution is 7.80. The number of rotatable bonds is 3. The van der Waals surface area contributed by atoms with Gasteiger partial charge < -0.3 is 20.5 Å². The molecule has 1 aliphatic rings. The van der Waals surface area contributed by atoms with Gasteiger partial charge in [0, 0.05) is 5.69 Å². The van der Waals surface area contributed by atoms with E-state index in [1.54, 1.807) is 0 Å². The molecule has 2 rings (SSSR count). The molecule has 0 aromatic heterocycles. The fraction of sp³-hybridized carbons (Fsp3) is 0.300. The quantitative estimate of drug-likeness (QED) is 0.753. The molecule has 4 nitrogen and oxygen atoms in total. The molecule has 1 aromatic carbocycles. The molecule has 1 saturated heterocycles. The number of nitrogens with two attached hydrogens (primary N) is 1. The zero-order valence-electron chi connectivity index (χ0n) is 8.10. The first kappa shape index (κ1) is 10.2. The van der Waals surface area contributed by atoms with Gasteiger partial charge in [0.05, 0.1) is 13.2 Å². The Morgan fingerprint density at radius 2 is 2.07 bits per heavy atom. The molecule has 0 bridgehead atoms. The van der Waals surface area contributed by atoms with Gasteiger partial charge >= 0.3 is 0 Å². The maximum absolute atomic E-state index is 5.59. The van der Waals surface area contributed by atoms with E-state index in [0.29, 0.717) is 13.2 Å². The highest BCUT2D eigenvalue weighted by Gasteiger charge is 2.19. The third-order valence-corrected chi connectivity index (χ3v) is 2.13. The van der Waals surface area contributed by atoms with E-state index in [-0.39, 0.29) is 11.2 Å². The first-order valence-corrected chi connectivity index (χ1v) is 5.06. The largest absolute Gasteiger partial charge is 0.486 e. The van der Waals surface area contributed by atoms with Gasteiger partial charge in [-0.1, -0.05) is 0 Å². The average molecular weight is 224 g/mol. The number of nitrogens with one attached hydrogen (secondary N) is 1. The minimum atomic E-state index is 0.194. The second kappa shape index (κ2) is 4.46. The Morgan fingerprint density at radius 1 is 1.40 bits per heavy atom. The van der Waals surface area contributed by atoms with Gasteiger partial charge in [-0.25, -0.2) is 0 Å². The van der Waals surface area contributed by atoms with Crippen molar-refractivity contribution in [1.29, 1.82) is 0 Å². The Hall–Kier alpha value is -1.33. The number of ether oxygens (including phenoxy) is 2. The molecular weight excluding hydrogens is 212 g/mol. The molecule has 80 valence electrons. The first-order valence-electron chi connectivity index (χ1n) is 4.65. The van der Waals surface area contributed by atoms with Crippen molar-refractivity contribution in [2.24, 2.45) is 5.73 Å². The lowest BCUT2D eigenvalue weighted by atomic mass is 10.3. The van der Waals surface area contributed by atoms with Gasteiger partial charge in [-0.15, -0.1) is 0 Å². The van der Waals surface area contributed by atoms with E-state index in [1.165, 1.54) is 0 Å². The summed E-state index contributed by atoms with van der Waals surface area (Å²) < 4.78 is 10.6. The van der Waals surface area contributed by atoms with Crippen molar-refractivity contribution in [3.8, 4) is 5.75 Å². The molecule has 1 fully saturated rings. The number of anilines is 1. The molecule has 5 heteroatoms. The normalized spacial score (nSPS) is 15.5. The summed E-state index contributed by atoms with van der Waals surface area (Å²) in [5.74, 6) is 0.830. The van der Waals surface area contributed by atoms with Crippen LogP contribution in [0, 0.1) is 0 Å². The van der Waals surface area contributed by atoms with Crippen LogP contribution in [0.2, 0.25) is 0 Å². The maximum atomic E-state index is 5.59. The third-order valence-electron chi connectivity index (χ3n) is 2.03. The van der Waals surface area contributed by atoms with Crippen molar-refractivity contribution in [2.45, 2.75) is 6.10 Å². The minimum Gasteiger partial charge on any atom is -0.486 e. The summed E-state index contributed by atoms with van der Waals surface area (Å²) in [5, 5.41) is 3.10. The summed E-state index contributed by atoms with van der Waals surface area (Å²) in [6, 6.07) is 7.49. The van der Waals surface area contributed by atoms with Crippen LogP contribution in [0.4, 0.5) is 5.69 Å². The molecule has 0 saturated carbocycles. The summed E-state index contributed by atoms with van der Waals surface area (Å²) in [4.78, 5) is 0. The number of hydrogen-bond acceptors (Lipinski definition) is 3. The van der Waals surface area contributed by atoms with Crippen LogP contribution in [0.25, 0.3) is 0 Å². The summed E-state index contributed by atoms with van der Waals surface area (Å²) in [6.07, 6.45) is 0.194. The van der Waals surface area contributed by atoms with Crippen LogP contribution in [0.5, 0.6) is 5.75 Å². The lowest BCUT2D eigenvalue weighted by Crippen LogP contribution is -2.38. The summed E-state index contributed by atoms with van der Waals surface area (Å²) in [6.45, 7) is 1.35. The zero-order chi connectivity index (χ0) is 10.7. The molecule has 0 spiro atoms. The van der Waals surface area contributed by atoms with Crippen molar-refractivity contribution >= 4 is 23.0 Å². The standard InChI is InChI=1S/C10H12N2O2S/c11-10(15)12-7-1-3-8(4-2-7)14-9-5-13-6-9/h1-4,9H,5-6H2,(H3,11,12,15). The molecule has 1 heterocycles. The molecule has 3 N–H and O–H groups in total. The van der Waals surface area contributed by atoms with Crippen LogP contribution in [0.15, 0.2) is 24.3 Å². The Bertz CT molecular complexity index is 349. The maximum Gasteiger partial charge on any atom is 0.168 e. The lowest BCUT2D eigenvalue weighted by Gasteiger charge is -2.26. The molecule has 1 aromatic rings. The highest BCUT2D eigenvalue weighted by Crippen LogP contribution is 2.18. The van der Waals surface area contributed by atoms with Gasteiger partial charge in [0.15, 0.2) is 5.11 Å². The number of benzene rings is 1. The van der Waals surface area contributed by atoms with Crippen molar-refractivity contribution in [3.63, 3.8) is 0 Å². The Kier molecular flexibility index (Phi) is 3.03. The lowest BCUT2D eigenvalue weighted by molar-refractivity contribution is -0.0796. The molecule has 15 heavy (non-hydrogen) atoms. The highest BCUT2D eigenvalue weighted by atomic mass is 32.1. The molecule has 0 unspecified atom stereocenters. The monoisotopic (exact) mass is 224 g/mol. The summed E-state index contributed by atoms with van der Waals surface area (Å²) in [7, 11) is 0. The van der Waals surface area contributed by atoms with Crippen molar-refractivity contribution in [2.75, 3.05) is 18.5 Å². The molecule has 0 atom stereocenters. The van der Waals surface area contributed by atoms with Crippen LogP contribution in [-0.4, -0.2) is 24.4 Å². The predicted octanol–water partition coefficient (Wildman–Crippen LogP) is 1.12. The van der Waals surface area contributed by atoms with E-state index < -0.39 is 0 Å². The zero-order valence-corrected chi connectivity index (χ0v) is 8.92. The molecule has 0 amide bonds. The van der Waals surface area contributed by atoms with Crippen LogP contribution >= 0.6 is 12.2 Å². The van der Waals surface area contributed by atoms with Crippen molar-refractivity contribution in [3.05, 3.63) is 24.3 Å². The van der Waals surface area contributed by atoms with Crippen LogP contribution in [-0.2, 0) is 4.74 Å². The van der Waals surface area contributed by atoms with E-state index in [9.17, 15) is 0 Å². The van der Waals surface area contributed by atoms with E-state index in [1.807, 2.05) is 24.3 Å². The van der Waals surface area contributed by atoms with Gasteiger partial charge in [0.1, 0.15) is 11.9 Å². The topological polar surface area (TPSA) is 56.5 Å². The third kappa shape index (κ3) is 2.81. The van der Waals surface area contributed by atoms with E-state index >= 15 is 0 Å². The minimum absolute atomic E-state index is 0.194. The second-order valence-electron chi connectivity index (χ2n) is 3.29. The Morgan fingerprint density at radius 3 is 2.53 bits per heavy atom. The predicted molar refractivity (Wildman–Crippen MR) is 62.1 cm³/mol. The Labute approximate surface area is 93.4 Å². The smallest absolute Gasteiger partial charge is 0.168 e. The molecule has 0 radical (unpaired) electrons. The molecule has 1 aliphatic heterocycles. The SMILES string of the molecule is NC(=S)Nc1ccc(OC2COC2)cc1. The first-order chi connectivity index (χ1) is 7.24. The van der Waals surface area contributed by atoms with Crippen LogP contribution in [0.1, 0.15) is 0 Å². The van der Waals surface area contributed by atoms with E-state index in [4.69, 9.17) is 27.4 Å². The molecule has 0 aliphatic carbocycles. The second-order valence-corrected chi connectivity index (χ2v) is 3.73. The fourth-order valence-corrected chi connectivity index (χ4v) is 1.35. The number of hydrogen-bond donors (Lipinski definition) is 2.